The molecule has 0 bridgehead atoms. The van der Waals surface area contributed by atoms with Crippen molar-refractivity contribution in [1.29, 1.82) is 0 Å². The molecule has 0 aliphatic heterocycles. The van der Waals surface area contributed by atoms with Crippen molar-refractivity contribution in [2.75, 3.05) is 0 Å². The van der Waals surface area contributed by atoms with E-state index < -0.39 is 5.97 Å². The Balaban J connectivity index is 2.01. The number of carboxylic acid groups (broad SMARTS) is 1. The molecule has 0 aromatic heterocycles. The van der Waals surface area contributed by atoms with Gasteiger partial charge in [0.1, 0.15) is 11.3 Å². The highest BCUT2D eigenvalue weighted by Gasteiger charge is 2.12. The van der Waals surface area contributed by atoms with E-state index in [0.29, 0.717) is 5.56 Å². The molecule has 0 aliphatic carbocycles. The summed E-state index contributed by atoms with van der Waals surface area (Å²) in [6.45, 7) is 2.26. The average molecular weight is 375 g/mol. The normalized spacial score (nSPS) is 11.3. The van der Waals surface area contributed by atoms with Gasteiger partial charge in [0.05, 0.1) is 0 Å². The molecule has 0 radical (unpaired) electrons. The van der Waals surface area contributed by atoms with E-state index >= 15 is 0 Å². The van der Waals surface area contributed by atoms with Crippen LogP contribution in [0.4, 0.5) is 0 Å². The first-order chi connectivity index (χ1) is 13.2. The van der Waals surface area contributed by atoms with Crippen LogP contribution in [0.1, 0.15) is 113 Å². The molecule has 1 aromatic rings. The largest absolute Gasteiger partial charge is 0.507 e. The van der Waals surface area contributed by atoms with Crippen LogP contribution >= 0.6 is 0 Å². The minimum Gasteiger partial charge on any atom is -0.507 e. The van der Waals surface area contributed by atoms with E-state index in [1.807, 2.05) is 12.2 Å². The van der Waals surface area contributed by atoms with Gasteiger partial charge in [-0.25, -0.2) is 4.79 Å². The van der Waals surface area contributed by atoms with Crippen molar-refractivity contribution >= 4 is 12.0 Å². The quantitative estimate of drug-likeness (QED) is 0.293. The molecule has 0 fully saturated rings. The SMILES string of the molecule is CCCCCCCCCCCCCCC/C=C/c1cccc(O)c1C(=O)O. The summed E-state index contributed by atoms with van der Waals surface area (Å²) in [5.74, 6) is -1.26. The summed E-state index contributed by atoms with van der Waals surface area (Å²) < 4.78 is 0. The van der Waals surface area contributed by atoms with Gasteiger partial charge in [0.15, 0.2) is 0 Å². The van der Waals surface area contributed by atoms with Gasteiger partial charge in [-0.1, -0.05) is 108 Å². The summed E-state index contributed by atoms with van der Waals surface area (Å²) in [6, 6.07) is 4.81. The van der Waals surface area contributed by atoms with Gasteiger partial charge in [-0.3, -0.25) is 0 Å². The van der Waals surface area contributed by atoms with E-state index in [1.165, 1.54) is 83.1 Å². The molecule has 0 amide bonds. The maximum Gasteiger partial charge on any atom is 0.340 e. The fourth-order valence-corrected chi connectivity index (χ4v) is 3.42. The van der Waals surface area contributed by atoms with Crippen molar-refractivity contribution in [3.05, 3.63) is 35.4 Å². The second-order valence-electron chi connectivity index (χ2n) is 7.48. The third kappa shape index (κ3) is 10.8. The lowest BCUT2D eigenvalue weighted by molar-refractivity contribution is 0.0693. The zero-order valence-electron chi connectivity index (χ0n) is 17.1. The third-order valence-corrected chi connectivity index (χ3v) is 5.06. The molecule has 152 valence electrons. The Morgan fingerprint density at radius 3 is 1.89 bits per heavy atom. The lowest BCUT2D eigenvalue weighted by Gasteiger charge is -2.04. The Kier molecular flexibility index (Phi) is 13.2. The first-order valence-corrected chi connectivity index (χ1v) is 10.9. The maximum absolute atomic E-state index is 11.2. The van der Waals surface area contributed by atoms with Gasteiger partial charge in [-0.15, -0.1) is 0 Å². The molecule has 1 aromatic carbocycles. The summed E-state index contributed by atoms with van der Waals surface area (Å²) in [6.07, 6.45) is 22.2. The number of aromatic hydroxyl groups is 1. The minimum atomic E-state index is -1.09. The first kappa shape index (κ1) is 23.3. The van der Waals surface area contributed by atoms with Gasteiger partial charge >= 0.3 is 5.97 Å². The van der Waals surface area contributed by atoms with Crippen molar-refractivity contribution in [2.24, 2.45) is 0 Å². The van der Waals surface area contributed by atoms with Gasteiger partial charge < -0.3 is 10.2 Å². The molecule has 0 aliphatic rings. The highest BCUT2D eigenvalue weighted by atomic mass is 16.4. The molecule has 0 unspecified atom stereocenters. The number of aromatic carboxylic acids is 1. The second kappa shape index (κ2) is 15.3. The summed E-state index contributed by atoms with van der Waals surface area (Å²) in [5, 5.41) is 18.9. The number of phenols is 1. The average Bonchev–Trinajstić information content (AvgIpc) is 2.64. The molecule has 0 heterocycles. The van der Waals surface area contributed by atoms with Gasteiger partial charge in [0.2, 0.25) is 0 Å². The van der Waals surface area contributed by atoms with E-state index in [-0.39, 0.29) is 11.3 Å². The molecule has 3 nitrogen and oxygen atoms in total. The molecule has 0 saturated carbocycles. The van der Waals surface area contributed by atoms with Crippen molar-refractivity contribution < 1.29 is 15.0 Å². The van der Waals surface area contributed by atoms with Gasteiger partial charge in [0.25, 0.3) is 0 Å². The summed E-state index contributed by atoms with van der Waals surface area (Å²) >= 11 is 0. The lowest BCUT2D eigenvalue weighted by atomic mass is 10.0. The standard InChI is InChI=1S/C24H38O3/c1-2-3-4-5-6-7-8-9-10-11-12-13-14-15-16-18-21-19-17-20-22(25)23(21)24(26)27/h16-20,25H,2-15H2,1H3,(H,26,27)/b18-16+. The van der Waals surface area contributed by atoms with Crippen LogP contribution in [0.25, 0.3) is 6.08 Å². The van der Waals surface area contributed by atoms with Crippen LogP contribution in [-0.2, 0) is 0 Å². The second-order valence-corrected chi connectivity index (χ2v) is 7.48. The van der Waals surface area contributed by atoms with Crippen LogP contribution in [-0.4, -0.2) is 16.2 Å². The zero-order chi connectivity index (χ0) is 19.7. The van der Waals surface area contributed by atoms with Gasteiger partial charge in [-0.05, 0) is 24.5 Å². The Morgan fingerprint density at radius 1 is 0.852 bits per heavy atom. The van der Waals surface area contributed by atoms with Gasteiger partial charge in [-0.2, -0.15) is 0 Å². The first-order valence-electron chi connectivity index (χ1n) is 10.9. The molecule has 1 rings (SSSR count). The molecular formula is C24H38O3. The Labute approximate surface area is 165 Å². The zero-order valence-corrected chi connectivity index (χ0v) is 17.1. The van der Waals surface area contributed by atoms with E-state index in [4.69, 9.17) is 0 Å². The molecule has 0 spiro atoms. The number of allylic oxidation sites excluding steroid dienone is 1. The fourth-order valence-electron chi connectivity index (χ4n) is 3.42. The lowest BCUT2D eigenvalue weighted by Crippen LogP contribution is -1.99. The third-order valence-electron chi connectivity index (χ3n) is 5.06. The van der Waals surface area contributed by atoms with E-state index in [1.54, 1.807) is 12.1 Å². The summed E-state index contributed by atoms with van der Waals surface area (Å²) in [4.78, 5) is 11.2. The highest BCUT2D eigenvalue weighted by molar-refractivity contribution is 5.95. The van der Waals surface area contributed by atoms with Crippen molar-refractivity contribution in [2.45, 2.75) is 96.8 Å². The van der Waals surface area contributed by atoms with E-state index in [9.17, 15) is 15.0 Å². The predicted molar refractivity (Wildman–Crippen MR) is 114 cm³/mol. The number of carboxylic acids is 1. The minimum absolute atomic E-state index is 0.0147. The number of hydrogen-bond acceptors (Lipinski definition) is 2. The molecule has 3 heteroatoms. The van der Waals surface area contributed by atoms with E-state index in [0.717, 1.165) is 12.8 Å². The molecule has 27 heavy (non-hydrogen) atoms. The highest BCUT2D eigenvalue weighted by Crippen LogP contribution is 2.22. The van der Waals surface area contributed by atoms with Crippen molar-refractivity contribution in [3.8, 4) is 5.75 Å². The topological polar surface area (TPSA) is 57.5 Å². The van der Waals surface area contributed by atoms with Crippen LogP contribution in [0.15, 0.2) is 24.3 Å². The molecule has 2 N–H and O–H groups in total. The molecule has 0 atom stereocenters. The molecule has 0 saturated heterocycles. The van der Waals surface area contributed by atoms with Crippen LogP contribution in [0, 0.1) is 0 Å². The van der Waals surface area contributed by atoms with Crippen LogP contribution in [0.3, 0.4) is 0 Å². The smallest absolute Gasteiger partial charge is 0.340 e. The van der Waals surface area contributed by atoms with Gasteiger partial charge in [0, 0.05) is 0 Å². The monoisotopic (exact) mass is 374 g/mol. The van der Waals surface area contributed by atoms with Crippen LogP contribution < -0.4 is 0 Å². The summed E-state index contributed by atoms with van der Waals surface area (Å²) in [5.41, 5.74) is 0.552. The maximum atomic E-state index is 11.2. The van der Waals surface area contributed by atoms with Crippen LogP contribution in [0.5, 0.6) is 5.75 Å². The number of carbonyl (C=O) groups is 1. The Bertz CT molecular complexity index is 549. The summed E-state index contributed by atoms with van der Waals surface area (Å²) in [7, 11) is 0. The number of unbranched alkanes of at least 4 members (excludes halogenated alkanes) is 13. The van der Waals surface area contributed by atoms with E-state index in [2.05, 4.69) is 6.92 Å². The van der Waals surface area contributed by atoms with Crippen molar-refractivity contribution in [3.63, 3.8) is 0 Å². The number of benzene rings is 1. The number of hydrogen-bond donors (Lipinski definition) is 2. The fraction of sp³-hybridized carbons (Fsp3) is 0.625. The predicted octanol–water partition coefficient (Wildman–Crippen LogP) is 7.58. The molecular weight excluding hydrogens is 336 g/mol. The Morgan fingerprint density at radius 2 is 1.37 bits per heavy atom. The number of rotatable bonds is 16. The van der Waals surface area contributed by atoms with Crippen LogP contribution in [0.2, 0.25) is 0 Å². The van der Waals surface area contributed by atoms with Crippen molar-refractivity contribution in [1.82, 2.24) is 0 Å². The Hall–Kier alpha value is -1.77.